The minimum absolute atomic E-state index is 0.649. The average molecular weight is 348 g/mol. The van der Waals surface area contributed by atoms with Gasteiger partial charge in [-0.3, -0.25) is 0 Å². The van der Waals surface area contributed by atoms with E-state index in [0.717, 1.165) is 11.2 Å². The van der Waals surface area contributed by atoms with Crippen LogP contribution in [-0.4, -0.2) is 5.33 Å². The van der Waals surface area contributed by atoms with Gasteiger partial charge in [-0.1, -0.05) is 70.7 Å². The van der Waals surface area contributed by atoms with Gasteiger partial charge >= 0.3 is 0 Å². The van der Waals surface area contributed by atoms with E-state index in [2.05, 4.69) is 70.0 Å². The molecule has 0 aromatic heterocycles. The molecule has 0 N–H and O–H groups in total. The Morgan fingerprint density at radius 1 is 1.19 bits per heavy atom. The van der Waals surface area contributed by atoms with E-state index in [1.807, 2.05) is 0 Å². The van der Waals surface area contributed by atoms with Crippen LogP contribution in [0.4, 0.5) is 0 Å². The summed E-state index contributed by atoms with van der Waals surface area (Å²) in [5.41, 5.74) is 1.44. The highest BCUT2D eigenvalue weighted by atomic mass is 79.9. The van der Waals surface area contributed by atoms with Crippen LogP contribution in [0.5, 0.6) is 0 Å². The van der Waals surface area contributed by atoms with Gasteiger partial charge in [0.05, 0.1) is 0 Å². The largest absolute Gasteiger partial charge is 0.0921 e. The minimum atomic E-state index is 0.649. The van der Waals surface area contributed by atoms with Crippen LogP contribution >= 0.6 is 31.9 Å². The Hall–Kier alpha value is 0.180. The van der Waals surface area contributed by atoms with Crippen molar-refractivity contribution in [2.45, 2.75) is 39.0 Å². The number of hydrogen-bond donors (Lipinski definition) is 0. The number of rotatable bonds is 6. The van der Waals surface area contributed by atoms with E-state index in [9.17, 15) is 0 Å². The van der Waals surface area contributed by atoms with Gasteiger partial charge in [-0.2, -0.15) is 0 Å². The molecule has 1 atom stereocenters. The van der Waals surface area contributed by atoms with Crippen LogP contribution in [0.25, 0.3) is 0 Å². The number of hydrogen-bond acceptors (Lipinski definition) is 0. The smallest absolute Gasteiger partial charge is 0.0178 e. The standard InChI is InChI=1S/C14H20Br2/c1-11(2)5-3-7-13(10-15)12-6-4-8-14(16)9-12/h4,6,8-9,11,13H,3,5,7,10H2,1-2H3. The van der Waals surface area contributed by atoms with E-state index in [1.54, 1.807) is 0 Å². The minimum Gasteiger partial charge on any atom is -0.0921 e. The Balaban J connectivity index is 2.53. The van der Waals surface area contributed by atoms with Crippen LogP contribution in [0.2, 0.25) is 0 Å². The molecule has 0 heterocycles. The van der Waals surface area contributed by atoms with Gasteiger partial charge in [0, 0.05) is 9.80 Å². The number of halogens is 2. The van der Waals surface area contributed by atoms with Crippen molar-refractivity contribution in [2.24, 2.45) is 5.92 Å². The first kappa shape index (κ1) is 14.2. The molecule has 0 aliphatic heterocycles. The van der Waals surface area contributed by atoms with Crippen LogP contribution in [0.3, 0.4) is 0 Å². The zero-order chi connectivity index (χ0) is 12.0. The SMILES string of the molecule is CC(C)CCCC(CBr)c1cccc(Br)c1. The lowest BCUT2D eigenvalue weighted by molar-refractivity contribution is 0.515. The van der Waals surface area contributed by atoms with Gasteiger partial charge in [0.15, 0.2) is 0 Å². The maximum absolute atomic E-state index is 3.63. The molecule has 0 bridgehead atoms. The van der Waals surface area contributed by atoms with Crippen molar-refractivity contribution in [3.05, 3.63) is 34.3 Å². The lowest BCUT2D eigenvalue weighted by atomic mass is 9.94. The highest BCUT2D eigenvalue weighted by Gasteiger charge is 2.10. The molecule has 90 valence electrons. The summed E-state index contributed by atoms with van der Waals surface area (Å²) >= 11 is 7.16. The Morgan fingerprint density at radius 2 is 1.94 bits per heavy atom. The second kappa shape index (κ2) is 7.50. The topological polar surface area (TPSA) is 0 Å². The van der Waals surface area contributed by atoms with Gasteiger partial charge in [-0.15, -0.1) is 0 Å². The molecule has 1 aromatic carbocycles. The third-order valence-corrected chi connectivity index (χ3v) is 4.12. The summed E-state index contributed by atoms with van der Waals surface area (Å²) in [6.45, 7) is 4.59. The fourth-order valence-electron chi connectivity index (χ4n) is 1.87. The maximum atomic E-state index is 3.63. The predicted octanol–water partition coefficient (Wildman–Crippen LogP) is 5.75. The molecule has 0 saturated carbocycles. The quantitative estimate of drug-likeness (QED) is 0.574. The zero-order valence-corrected chi connectivity index (χ0v) is 13.2. The molecule has 0 saturated heterocycles. The van der Waals surface area contributed by atoms with E-state index in [-0.39, 0.29) is 0 Å². The van der Waals surface area contributed by atoms with Crippen LogP contribution in [0, 0.1) is 5.92 Å². The Morgan fingerprint density at radius 3 is 2.50 bits per heavy atom. The maximum Gasteiger partial charge on any atom is 0.0178 e. The fourth-order valence-corrected chi connectivity index (χ4v) is 2.98. The second-order valence-corrected chi connectivity index (χ2v) is 6.29. The Kier molecular flexibility index (Phi) is 6.67. The van der Waals surface area contributed by atoms with E-state index >= 15 is 0 Å². The van der Waals surface area contributed by atoms with E-state index in [4.69, 9.17) is 0 Å². The summed E-state index contributed by atoms with van der Waals surface area (Å²) < 4.78 is 1.18. The third kappa shape index (κ3) is 5.01. The zero-order valence-electron chi connectivity index (χ0n) is 10.0. The molecule has 2 heteroatoms. The van der Waals surface area contributed by atoms with E-state index in [1.165, 1.54) is 29.3 Å². The van der Waals surface area contributed by atoms with Gasteiger partial charge in [-0.25, -0.2) is 0 Å². The van der Waals surface area contributed by atoms with E-state index in [0.29, 0.717) is 5.92 Å². The first-order valence-electron chi connectivity index (χ1n) is 5.95. The van der Waals surface area contributed by atoms with Crippen LogP contribution in [-0.2, 0) is 0 Å². The molecule has 0 radical (unpaired) electrons. The second-order valence-electron chi connectivity index (χ2n) is 4.73. The van der Waals surface area contributed by atoms with Gasteiger partial charge in [0.2, 0.25) is 0 Å². The molecule has 16 heavy (non-hydrogen) atoms. The first-order chi connectivity index (χ1) is 7.63. The molecule has 0 aliphatic carbocycles. The molecular weight excluding hydrogens is 328 g/mol. The van der Waals surface area contributed by atoms with Gasteiger partial charge in [-0.05, 0) is 36.0 Å². The average Bonchev–Trinajstić information content (AvgIpc) is 2.24. The molecular formula is C14H20Br2. The molecule has 1 aromatic rings. The summed E-state index contributed by atoms with van der Waals surface area (Å²) in [6.07, 6.45) is 3.93. The summed E-state index contributed by atoms with van der Waals surface area (Å²) in [4.78, 5) is 0. The summed E-state index contributed by atoms with van der Waals surface area (Å²) in [7, 11) is 0. The van der Waals surface area contributed by atoms with Gasteiger partial charge in [0.1, 0.15) is 0 Å². The predicted molar refractivity (Wildman–Crippen MR) is 79.4 cm³/mol. The van der Waals surface area contributed by atoms with Crippen molar-refractivity contribution in [1.82, 2.24) is 0 Å². The lowest BCUT2D eigenvalue weighted by Gasteiger charge is -2.15. The molecule has 0 fully saturated rings. The Bertz CT molecular complexity index is 307. The van der Waals surface area contributed by atoms with Crippen molar-refractivity contribution >= 4 is 31.9 Å². The monoisotopic (exact) mass is 346 g/mol. The normalized spacial score (nSPS) is 13.1. The number of benzene rings is 1. The Labute approximate surface area is 116 Å². The van der Waals surface area contributed by atoms with Crippen LogP contribution in [0.15, 0.2) is 28.7 Å². The van der Waals surface area contributed by atoms with Gasteiger partial charge in [0.25, 0.3) is 0 Å². The molecule has 0 spiro atoms. The lowest BCUT2D eigenvalue weighted by Crippen LogP contribution is -2.01. The third-order valence-electron chi connectivity index (χ3n) is 2.84. The highest BCUT2D eigenvalue weighted by Crippen LogP contribution is 2.27. The van der Waals surface area contributed by atoms with Crippen molar-refractivity contribution in [3.63, 3.8) is 0 Å². The number of alkyl halides is 1. The summed E-state index contributed by atoms with van der Waals surface area (Å²) in [6, 6.07) is 8.67. The van der Waals surface area contributed by atoms with Gasteiger partial charge < -0.3 is 0 Å². The highest BCUT2D eigenvalue weighted by molar-refractivity contribution is 9.10. The van der Waals surface area contributed by atoms with E-state index < -0.39 is 0 Å². The molecule has 0 amide bonds. The molecule has 1 unspecified atom stereocenters. The molecule has 0 nitrogen and oxygen atoms in total. The van der Waals surface area contributed by atoms with Crippen molar-refractivity contribution in [1.29, 1.82) is 0 Å². The summed E-state index contributed by atoms with van der Waals surface area (Å²) in [5.74, 6) is 1.47. The van der Waals surface area contributed by atoms with Crippen molar-refractivity contribution in [3.8, 4) is 0 Å². The molecule has 0 aliphatic rings. The molecule has 1 rings (SSSR count). The fraction of sp³-hybridized carbons (Fsp3) is 0.571. The van der Waals surface area contributed by atoms with Crippen molar-refractivity contribution in [2.75, 3.05) is 5.33 Å². The van der Waals surface area contributed by atoms with Crippen molar-refractivity contribution < 1.29 is 0 Å². The first-order valence-corrected chi connectivity index (χ1v) is 7.86. The van der Waals surface area contributed by atoms with Crippen LogP contribution < -0.4 is 0 Å². The van der Waals surface area contributed by atoms with Crippen LogP contribution in [0.1, 0.15) is 44.6 Å². The summed E-state index contributed by atoms with van der Waals surface area (Å²) in [5, 5.41) is 1.06.